The third kappa shape index (κ3) is 4.49. The summed E-state index contributed by atoms with van der Waals surface area (Å²) in [5.74, 6) is -0.331. The third-order valence-electron chi connectivity index (χ3n) is 2.74. The number of carbonyl (C=O) groups excluding carboxylic acids is 1. The molecule has 16 heavy (non-hydrogen) atoms. The molecule has 0 aromatic carbocycles. The summed E-state index contributed by atoms with van der Waals surface area (Å²) in [6.07, 6.45) is 2.16. The molecule has 1 saturated heterocycles. The maximum absolute atomic E-state index is 11.6. The van der Waals surface area contributed by atoms with Crippen LogP contribution in [0.5, 0.6) is 0 Å². The van der Waals surface area contributed by atoms with Gasteiger partial charge in [-0.05, 0) is 26.2 Å². The molecule has 2 unspecified atom stereocenters. The molecule has 1 heterocycles. The molecule has 6 heteroatoms. The van der Waals surface area contributed by atoms with Gasteiger partial charge in [-0.2, -0.15) is 0 Å². The second kappa shape index (κ2) is 5.63. The zero-order valence-electron chi connectivity index (χ0n) is 9.61. The molecule has 1 amide bonds. The zero-order chi connectivity index (χ0) is 12.2. The van der Waals surface area contributed by atoms with Gasteiger partial charge in [0.2, 0.25) is 5.91 Å². The highest BCUT2D eigenvalue weighted by molar-refractivity contribution is 7.91. The first kappa shape index (κ1) is 13.4. The average molecular weight is 248 g/mol. The summed E-state index contributed by atoms with van der Waals surface area (Å²) in [4.78, 5) is 11.6. The Hall–Kier alpha value is -0.620. The van der Waals surface area contributed by atoms with Crippen molar-refractivity contribution in [1.29, 1.82) is 0 Å². The molecule has 1 rings (SSSR count). The van der Waals surface area contributed by atoms with Crippen molar-refractivity contribution in [2.24, 2.45) is 11.7 Å². The third-order valence-corrected chi connectivity index (χ3v) is 4.51. The van der Waals surface area contributed by atoms with Gasteiger partial charge < -0.3 is 11.1 Å². The predicted octanol–water partition coefficient (Wildman–Crippen LogP) is -0.335. The second-order valence-electron chi connectivity index (χ2n) is 4.51. The lowest BCUT2D eigenvalue weighted by atomic mass is 10.1. The van der Waals surface area contributed by atoms with Gasteiger partial charge in [0.05, 0.1) is 17.4 Å². The summed E-state index contributed by atoms with van der Waals surface area (Å²) in [5, 5.41) is 2.76. The van der Waals surface area contributed by atoms with Crippen molar-refractivity contribution in [3.8, 4) is 0 Å². The number of hydrogen-bond acceptors (Lipinski definition) is 4. The van der Waals surface area contributed by atoms with Gasteiger partial charge >= 0.3 is 0 Å². The molecule has 0 aliphatic carbocycles. The SMILES string of the molecule is CC(N)CCCNC(=O)C1CCS(=O)(=O)C1. The van der Waals surface area contributed by atoms with Crippen molar-refractivity contribution in [2.45, 2.75) is 32.2 Å². The highest BCUT2D eigenvalue weighted by Gasteiger charge is 2.32. The molecule has 0 saturated carbocycles. The highest BCUT2D eigenvalue weighted by Crippen LogP contribution is 2.18. The van der Waals surface area contributed by atoms with E-state index in [0.717, 1.165) is 12.8 Å². The Kier molecular flexibility index (Phi) is 4.73. The number of sulfone groups is 1. The number of amides is 1. The second-order valence-corrected chi connectivity index (χ2v) is 6.74. The van der Waals surface area contributed by atoms with Crippen LogP contribution >= 0.6 is 0 Å². The monoisotopic (exact) mass is 248 g/mol. The Morgan fingerprint density at radius 3 is 2.75 bits per heavy atom. The number of rotatable bonds is 5. The summed E-state index contributed by atoms with van der Waals surface area (Å²) in [5.41, 5.74) is 5.57. The van der Waals surface area contributed by atoms with Crippen molar-refractivity contribution in [1.82, 2.24) is 5.32 Å². The van der Waals surface area contributed by atoms with Crippen LogP contribution in [0.1, 0.15) is 26.2 Å². The minimum Gasteiger partial charge on any atom is -0.356 e. The van der Waals surface area contributed by atoms with E-state index in [1.165, 1.54) is 0 Å². The smallest absolute Gasteiger partial charge is 0.224 e. The van der Waals surface area contributed by atoms with Gasteiger partial charge in [0.1, 0.15) is 0 Å². The Morgan fingerprint density at radius 2 is 2.25 bits per heavy atom. The summed E-state index contributed by atoms with van der Waals surface area (Å²) in [7, 11) is -2.97. The van der Waals surface area contributed by atoms with E-state index in [1.807, 2.05) is 6.92 Å². The van der Waals surface area contributed by atoms with Crippen molar-refractivity contribution in [2.75, 3.05) is 18.1 Å². The first-order valence-corrected chi connectivity index (χ1v) is 7.46. The molecule has 1 aliphatic heterocycles. The Labute approximate surface area is 96.7 Å². The van der Waals surface area contributed by atoms with Crippen LogP contribution in [-0.4, -0.2) is 38.4 Å². The van der Waals surface area contributed by atoms with E-state index in [9.17, 15) is 13.2 Å². The molecule has 5 nitrogen and oxygen atoms in total. The van der Waals surface area contributed by atoms with E-state index < -0.39 is 9.84 Å². The maximum atomic E-state index is 11.6. The molecule has 0 radical (unpaired) electrons. The molecule has 2 atom stereocenters. The zero-order valence-corrected chi connectivity index (χ0v) is 10.4. The lowest BCUT2D eigenvalue weighted by Gasteiger charge is -2.10. The van der Waals surface area contributed by atoms with Crippen molar-refractivity contribution in [3.05, 3.63) is 0 Å². The Balaban J connectivity index is 2.21. The fourth-order valence-electron chi connectivity index (χ4n) is 1.78. The number of nitrogens with one attached hydrogen (secondary N) is 1. The maximum Gasteiger partial charge on any atom is 0.224 e. The van der Waals surface area contributed by atoms with Crippen LogP contribution in [-0.2, 0) is 14.6 Å². The lowest BCUT2D eigenvalue weighted by molar-refractivity contribution is -0.124. The topological polar surface area (TPSA) is 89.3 Å². The fourth-order valence-corrected chi connectivity index (χ4v) is 3.52. The molecule has 0 spiro atoms. The van der Waals surface area contributed by atoms with Crippen molar-refractivity contribution >= 4 is 15.7 Å². The van der Waals surface area contributed by atoms with Crippen LogP contribution in [0.4, 0.5) is 0 Å². The van der Waals surface area contributed by atoms with Crippen LogP contribution in [0.15, 0.2) is 0 Å². The van der Waals surface area contributed by atoms with Crippen LogP contribution in [0, 0.1) is 5.92 Å². The van der Waals surface area contributed by atoms with E-state index in [2.05, 4.69) is 5.32 Å². The molecule has 0 aromatic rings. The van der Waals surface area contributed by atoms with E-state index >= 15 is 0 Å². The molecule has 3 N–H and O–H groups in total. The highest BCUT2D eigenvalue weighted by atomic mass is 32.2. The Bertz CT molecular complexity index is 338. The van der Waals surface area contributed by atoms with Gasteiger partial charge in [0, 0.05) is 12.6 Å². The Morgan fingerprint density at radius 1 is 1.56 bits per heavy atom. The molecule has 0 bridgehead atoms. The summed E-state index contributed by atoms with van der Waals surface area (Å²) in [6.45, 7) is 2.50. The van der Waals surface area contributed by atoms with E-state index in [-0.39, 0.29) is 29.4 Å². The normalized spacial score (nSPS) is 25.2. The first-order valence-electron chi connectivity index (χ1n) is 5.64. The number of carbonyl (C=O) groups is 1. The van der Waals surface area contributed by atoms with Crippen LogP contribution < -0.4 is 11.1 Å². The van der Waals surface area contributed by atoms with Crippen LogP contribution in [0.25, 0.3) is 0 Å². The van der Waals surface area contributed by atoms with Gasteiger partial charge in [0.25, 0.3) is 0 Å². The summed E-state index contributed by atoms with van der Waals surface area (Å²) in [6, 6.07) is 0.142. The predicted molar refractivity (Wildman–Crippen MR) is 62.7 cm³/mol. The molecular formula is C10H20N2O3S. The standard InChI is InChI=1S/C10H20N2O3S/c1-8(11)3-2-5-12-10(13)9-4-6-16(14,15)7-9/h8-9H,2-7,11H2,1H3,(H,12,13). The van der Waals surface area contributed by atoms with E-state index in [0.29, 0.717) is 13.0 Å². The van der Waals surface area contributed by atoms with Gasteiger partial charge in [-0.25, -0.2) is 8.42 Å². The molecular weight excluding hydrogens is 228 g/mol. The number of nitrogens with two attached hydrogens (primary N) is 1. The van der Waals surface area contributed by atoms with E-state index in [1.54, 1.807) is 0 Å². The van der Waals surface area contributed by atoms with Crippen molar-refractivity contribution in [3.63, 3.8) is 0 Å². The van der Waals surface area contributed by atoms with Crippen LogP contribution in [0.3, 0.4) is 0 Å². The largest absolute Gasteiger partial charge is 0.356 e. The summed E-state index contributed by atoms with van der Waals surface area (Å²) < 4.78 is 22.3. The summed E-state index contributed by atoms with van der Waals surface area (Å²) >= 11 is 0. The lowest BCUT2D eigenvalue weighted by Crippen LogP contribution is -2.32. The van der Waals surface area contributed by atoms with E-state index in [4.69, 9.17) is 5.73 Å². The van der Waals surface area contributed by atoms with Gasteiger partial charge in [-0.3, -0.25) is 4.79 Å². The minimum absolute atomic E-state index is 0.00608. The molecule has 94 valence electrons. The molecule has 1 fully saturated rings. The van der Waals surface area contributed by atoms with Crippen molar-refractivity contribution < 1.29 is 13.2 Å². The van der Waals surface area contributed by atoms with Crippen LogP contribution in [0.2, 0.25) is 0 Å². The molecule has 0 aromatic heterocycles. The van der Waals surface area contributed by atoms with Gasteiger partial charge in [0.15, 0.2) is 9.84 Å². The van der Waals surface area contributed by atoms with Gasteiger partial charge in [-0.1, -0.05) is 0 Å². The molecule has 1 aliphatic rings. The van der Waals surface area contributed by atoms with Gasteiger partial charge in [-0.15, -0.1) is 0 Å². The number of hydrogen-bond donors (Lipinski definition) is 2. The quantitative estimate of drug-likeness (QED) is 0.652. The average Bonchev–Trinajstić information content (AvgIpc) is 2.53. The first-order chi connectivity index (χ1) is 7.41. The fraction of sp³-hybridized carbons (Fsp3) is 0.900. The minimum atomic E-state index is -2.97.